The number of hydrogen-bond acceptors (Lipinski definition) is 10. The number of fused-ring (bicyclic) bond motifs is 6. The van der Waals surface area contributed by atoms with Crippen LogP contribution in [-0.4, -0.2) is 66.4 Å². The van der Waals surface area contributed by atoms with Crippen molar-refractivity contribution in [1.82, 2.24) is 0 Å². The molecule has 0 saturated heterocycles. The number of Topliss-reactive ketones (excluding diaryl/α,β-unsaturated/α-hetero) is 2. The van der Waals surface area contributed by atoms with E-state index in [9.17, 15) is 24.7 Å². The average Bonchev–Trinajstić information content (AvgIpc) is 3.44. The van der Waals surface area contributed by atoms with Crippen molar-refractivity contribution in [2.45, 2.75) is 31.8 Å². The first-order valence-electron chi connectivity index (χ1n) is 10.3. The number of carbonyl (C=O) groups is 2. The molecule has 5 rings (SSSR count). The van der Waals surface area contributed by atoms with E-state index in [1.165, 1.54) is 29.8 Å². The number of aliphatic hydroxyl groups excluding tert-OH is 1. The Hall–Kier alpha value is -1.53. The zero-order valence-electron chi connectivity index (χ0n) is 17.6. The van der Waals surface area contributed by atoms with Crippen molar-refractivity contribution in [3.8, 4) is 5.06 Å². The quantitative estimate of drug-likeness (QED) is 0.449. The van der Waals surface area contributed by atoms with Crippen LogP contribution < -0.4 is 9.43 Å². The molecular weight excluding hydrogens is 454 g/mol. The van der Waals surface area contributed by atoms with E-state index in [4.69, 9.17) is 14.4 Å². The minimum Gasteiger partial charge on any atom is -0.530 e. The molecular formula is C20H21B2O8S2. The van der Waals surface area contributed by atoms with E-state index < -0.39 is 42.8 Å². The molecule has 1 fully saturated rings. The Kier molecular flexibility index (Phi) is 5.40. The molecule has 3 aliphatic carbocycles. The lowest BCUT2D eigenvalue weighted by molar-refractivity contribution is -0.0363. The van der Waals surface area contributed by atoms with Gasteiger partial charge in [-0.1, -0.05) is 0 Å². The number of hydrogen-bond donors (Lipinski definition) is 4. The van der Waals surface area contributed by atoms with E-state index in [0.717, 1.165) is 4.88 Å². The maximum Gasteiger partial charge on any atom is 0.569 e. The van der Waals surface area contributed by atoms with Gasteiger partial charge in [0.15, 0.2) is 16.6 Å². The SMILES string of the molecule is COC1C2C(=O)c3c(sc(O[B]O)c3C)C2C(CO)C2C(=O)c3c(sc(B(O)O)c3C)C12. The third-order valence-electron chi connectivity index (χ3n) is 7.33. The van der Waals surface area contributed by atoms with E-state index in [2.05, 4.69) is 0 Å². The summed E-state index contributed by atoms with van der Waals surface area (Å²) in [4.78, 5) is 28.7. The highest BCUT2D eigenvalue weighted by Gasteiger charge is 2.64. The molecule has 32 heavy (non-hydrogen) atoms. The molecule has 0 aliphatic heterocycles. The summed E-state index contributed by atoms with van der Waals surface area (Å²) in [6.45, 7) is 3.16. The van der Waals surface area contributed by atoms with Gasteiger partial charge in [-0.15, -0.1) is 22.7 Å². The fourth-order valence-corrected chi connectivity index (χ4v) is 8.87. The first-order valence-corrected chi connectivity index (χ1v) is 11.9. The molecule has 6 atom stereocenters. The van der Waals surface area contributed by atoms with Gasteiger partial charge in [0.2, 0.25) is 0 Å². The van der Waals surface area contributed by atoms with Gasteiger partial charge in [0.1, 0.15) is 0 Å². The first kappa shape index (κ1) is 22.3. The number of rotatable bonds is 5. The van der Waals surface area contributed by atoms with Crippen molar-refractivity contribution in [3.63, 3.8) is 0 Å². The predicted octanol–water partition coefficient (Wildman–Crippen LogP) is 0.141. The fourth-order valence-electron chi connectivity index (χ4n) is 6.14. The molecule has 0 aromatic carbocycles. The number of methoxy groups -OCH3 is 1. The summed E-state index contributed by atoms with van der Waals surface area (Å²) in [5.41, 5.74) is 2.13. The van der Waals surface area contributed by atoms with Gasteiger partial charge in [-0.2, -0.15) is 0 Å². The number of thiophene rings is 2. The molecule has 1 radical (unpaired) electrons. The van der Waals surface area contributed by atoms with E-state index in [0.29, 0.717) is 44.7 Å². The van der Waals surface area contributed by atoms with Gasteiger partial charge in [-0.25, -0.2) is 0 Å². The van der Waals surface area contributed by atoms with Crippen molar-refractivity contribution in [3.05, 3.63) is 32.0 Å². The van der Waals surface area contributed by atoms with Gasteiger partial charge in [0, 0.05) is 68.6 Å². The minimum atomic E-state index is -1.69. The molecule has 0 amide bonds. The van der Waals surface area contributed by atoms with Crippen LogP contribution in [0.15, 0.2) is 0 Å². The Morgan fingerprint density at radius 3 is 2.19 bits per heavy atom. The molecule has 1 saturated carbocycles. The van der Waals surface area contributed by atoms with Crippen LogP contribution >= 0.6 is 22.7 Å². The summed E-state index contributed by atoms with van der Waals surface area (Å²) in [5, 5.41) is 39.4. The molecule has 12 heteroatoms. The maximum absolute atomic E-state index is 13.6. The molecule has 0 bridgehead atoms. The second kappa shape index (κ2) is 7.76. The highest BCUT2D eigenvalue weighted by Crippen LogP contribution is 2.63. The molecule has 2 aromatic heterocycles. The Morgan fingerprint density at radius 2 is 1.59 bits per heavy atom. The number of ketones is 2. The van der Waals surface area contributed by atoms with Gasteiger partial charge in [0.05, 0.1) is 12.0 Å². The zero-order valence-corrected chi connectivity index (χ0v) is 19.2. The van der Waals surface area contributed by atoms with E-state index in [1.54, 1.807) is 13.8 Å². The second-order valence-corrected chi connectivity index (χ2v) is 10.7. The maximum atomic E-state index is 13.6. The van der Waals surface area contributed by atoms with Crippen LogP contribution in [0.3, 0.4) is 0 Å². The third kappa shape index (κ3) is 2.68. The lowest BCUT2D eigenvalue weighted by atomic mass is 9.62. The van der Waals surface area contributed by atoms with Crippen LogP contribution in [0.25, 0.3) is 0 Å². The van der Waals surface area contributed by atoms with E-state index in [1.807, 2.05) is 0 Å². The molecule has 167 valence electrons. The van der Waals surface area contributed by atoms with Crippen molar-refractivity contribution in [2.75, 3.05) is 13.7 Å². The highest BCUT2D eigenvalue weighted by molar-refractivity contribution is 7.23. The van der Waals surface area contributed by atoms with E-state index >= 15 is 0 Å². The first-order chi connectivity index (χ1) is 15.3. The minimum absolute atomic E-state index is 0.119. The van der Waals surface area contributed by atoms with Gasteiger partial charge in [0.25, 0.3) is 0 Å². The molecule has 3 aliphatic rings. The van der Waals surface area contributed by atoms with Crippen LogP contribution in [0.5, 0.6) is 5.06 Å². The number of ether oxygens (including phenoxy) is 1. The lowest BCUT2D eigenvalue weighted by Gasteiger charge is -2.44. The summed E-state index contributed by atoms with van der Waals surface area (Å²) in [6.07, 6.45) is -0.597. The summed E-state index contributed by atoms with van der Waals surface area (Å²) < 4.78 is 11.4. The molecule has 4 N–H and O–H groups in total. The standard InChI is InChI=1S/C20H21B2O8S2/c1-5-8-14(24)10-7(4-23)11-12(15(25)9-6(2)20(30-21-26)32-17(9)11)16(29-3)13(10)18(8)31-19(5)22(27)28/h7,10-13,16,23,26-28H,4H2,1-3H3. The van der Waals surface area contributed by atoms with Gasteiger partial charge >= 0.3 is 14.8 Å². The Morgan fingerprint density at radius 1 is 0.969 bits per heavy atom. The predicted molar refractivity (Wildman–Crippen MR) is 119 cm³/mol. The smallest absolute Gasteiger partial charge is 0.530 e. The Labute approximate surface area is 193 Å². The van der Waals surface area contributed by atoms with Crippen LogP contribution in [-0.2, 0) is 4.74 Å². The summed E-state index contributed by atoms with van der Waals surface area (Å²) in [5.74, 6) is -2.78. The van der Waals surface area contributed by atoms with Crippen molar-refractivity contribution in [2.24, 2.45) is 17.8 Å². The largest absolute Gasteiger partial charge is 0.569 e. The van der Waals surface area contributed by atoms with Crippen LogP contribution in [0.1, 0.15) is 53.4 Å². The Bertz CT molecular complexity index is 1130. The molecule has 2 heterocycles. The molecule has 2 aromatic rings. The van der Waals surface area contributed by atoms with Crippen LogP contribution in [0, 0.1) is 31.6 Å². The molecule has 6 unspecified atom stereocenters. The summed E-state index contributed by atoms with van der Waals surface area (Å²) in [7, 11) is 0.403. The van der Waals surface area contributed by atoms with Crippen molar-refractivity contribution >= 4 is 53.8 Å². The monoisotopic (exact) mass is 475 g/mol. The Balaban J connectivity index is 1.68. The fraction of sp³-hybridized carbons (Fsp3) is 0.500. The summed E-state index contributed by atoms with van der Waals surface area (Å²) in [6, 6.07) is 0. The highest BCUT2D eigenvalue weighted by atomic mass is 32.1. The zero-order chi connectivity index (χ0) is 23.1. The van der Waals surface area contributed by atoms with E-state index in [-0.39, 0.29) is 18.2 Å². The molecule has 0 spiro atoms. The summed E-state index contributed by atoms with van der Waals surface area (Å²) >= 11 is 2.42. The average molecular weight is 475 g/mol. The normalized spacial score (nSPS) is 30.1. The molecule has 8 nitrogen and oxygen atoms in total. The third-order valence-corrected chi connectivity index (χ3v) is 10.0. The van der Waals surface area contributed by atoms with Gasteiger partial charge < -0.3 is 29.6 Å². The van der Waals surface area contributed by atoms with Crippen molar-refractivity contribution in [1.29, 1.82) is 0 Å². The van der Waals surface area contributed by atoms with Crippen LogP contribution in [0.4, 0.5) is 0 Å². The van der Waals surface area contributed by atoms with Gasteiger partial charge in [-0.3, -0.25) is 9.59 Å². The lowest BCUT2D eigenvalue weighted by Crippen LogP contribution is -2.49. The number of carbonyl (C=O) groups excluding carboxylic acids is 2. The van der Waals surface area contributed by atoms with Gasteiger partial charge in [-0.05, 0) is 19.4 Å². The number of aliphatic hydroxyl groups is 1. The topological polar surface area (TPSA) is 134 Å². The second-order valence-electron chi connectivity index (χ2n) is 8.56. The van der Waals surface area contributed by atoms with Crippen LogP contribution in [0.2, 0.25) is 0 Å². The van der Waals surface area contributed by atoms with Crippen molar-refractivity contribution < 1.29 is 39.2 Å².